The van der Waals surface area contributed by atoms with Crippen molar-refractivity contribution in [2.45, 2.75) is 26.2 Å². The van der Waals surface area contributed by atoms with Crippen LogP contribution in [0.5, 0.6) is 0 Å². The first kappa shape index (κ1) is 65.1. The van der Waals surface area contributed by atoms with Crippen LogP contribution in [-0.4, -0.2) is 8.38 Å². The number of aryl methyl sites for hydroxylation is 2. The molecule has 0 atom stereocenters. The summed E-state index contributed by atoms with van der Waals surface area (Å²) in [5.41, 5.74) is 5.60. The summed E-state index contributed by atoms with van der Waals surface area (Å²) in [4.78, 5) is 0. The van der Waals surface area contributed by atoms with Gasteiger partial charge in [-0.2, -0.15) is 0 Å². The van der Waals surface area contributed by atoms with Gasteiger partial charge in [-0.25, -0.2) is 0 Å². The fourth-order valence-corrected chi connectivity index (χ4v) is 16.3. The molecule has 8 aromatic rings. The Bertz CT molecular complexity index is 2880. The van der Waals surface area contributed by atoms with Crippen LogP contribution in [0.25, 0.3) is 0 Å². The van der Waals surface area contributed by atoms with Crippen LogP contribution in [0, 0.1) is 13.8 Å². The van der Waals surface area contributed by atoms with E-state index in [0.29, 0.717) is 0 Å². The third-order valence-electron chi connectivity index (χ3n) is 10.5. The first-order valence-corrected chi connectivity index (χ1v) is 42.7. The average Bonchev–Trinajstić information content (AvgIpc) is 3.33. The standard InChI is InChI=1S/2C26H24P.4BrH.4Mn.2H2O.10O/c2*1-22-13-11-12-14-23(22)21-27(24-15-5-2-6-16-24,25-17-7-3-8-18-25)26-19-9-4-10-20-26;;;;;;;;;;;;;;;;;;;;/h2*2-20H,21H2,1H3;4*1H;;;;;2*1H2;;;;;;;;;;/q2*+1;;;;;2*+1;2*+2;;;;;;;;;;;2*-1/p-6. The van der Waals surface area contributed by atoms with Gasteiger partial charge in [0.15, 0.2) is 0 Å². The molecule has 396 valence electrons. The van der Waals surface area contributed by atoms with Gasteiger partial charge in [0.05, 0.1) is 12.3 Å². The SMILES string of the molecule is Cc1ccccc1C[P+](c1ccccc1)(c1ccccc1)c1ccccc1.Cc1ccccc1C[P+](c1ccccc1)(c1ccccc1)c1ccccc1.[O]=[Mn](=[O])([O-])[Br].[O]=[Mn](=[O])([O-])[Br].[O]=[Mn](=[O])([OH])[Br].[O]=[Mn](=[O])([OH])[Br]. The maximum atomic E-state index is 9.16. The fraction of sp³-hybridized carbons (Fsp3) is 0.0769. The Morgan fingerprint density at radius 1 is 0.324 bits per heavy atom. The van der Waals surface area contributed by atoms with Crippen molar-refractivity contribution in [3.05, 3.63) is 253 Å². The molecule has 0 amide bonds. The minimum atomic E-state index is -4.56. The second-order valence-electron chi connectivity index (χ2n) is 15.3. The third kappa shape index (κ3) is 24.9. The van der Waals surface area contributed by atoms with E-state index in [1.165, 1.54) is 54.1 Å². The molecule has 0 fully saturated rings. The van der Waals surface area contributed by atoms with E-state index in [0.717, 1.165) is 12.3 Å². The Balaban J connectivity index is 0.000000287. The van der Waals surface area contributed by atoms with Crippen LogP contribution >= 0.6 is 71.0 Å². The number of hydrogen-bond donors (Lipinski definition) is 2. The van der Waals surface area contributed by atoms with Crippen molar-refractivity contribution in [1.29, 1.82) is 0 Å². The Morgan fingerprint density at radius 3 is 0.608 bits per heavy atom. The molecule has 0 bridgehead atoms. The van der Waals surface area contributed by atoms with Gasteiger partial charge in [-0.05, 0) is 109 Å². The molecule has 0 spiro atoms. The van der Waals surface area contributed by atoms with Crippen LogP contribution in [-0.2, 0) is 87.9 Å². The van der Waals surface area contributed by atoms with Crippen molar-refractivity contribution in [1.82, 2.24) is 0 Å². The van der Waals surface area contributed by atoms with E-state index >= 15 is 0 Å². The Morgan fingerprint density at radius 2 is 0.459 bits per heavy atom. The normalized spacial score (nSPS) is 11.4. The van der Waals surface area contributed by atoms with Gasteiger partial charge in [0.25, 0.3) is 0 Å². The van der Waals surface area contributed by atoms with Gasteiger partial charge in [0, 0.05) is 0 Å². The molecule has 0 aliphatic rings. The molecule has 0 unspecified atom stereocenters. The zero-order chi connectivity index (χ0) is 55.1. The van der Waals surface area contributed by atoms with E-state index in [4.69, 9.17) is 47.4 Å². The summed E-state index contributed by atoms with van der Waals surface area (Å²) in [5, 5.41) is 8.61. The Hall–Kier alpha value is -3.14. The van der Waals surface area contributed by atoms with Gasteiger partial charge < -0.3 is 0 Å². The van der Waals surface area contributed by atoms with Crippen molar-refractivity contribution in [3.8, 4) is 0 Å². The van der Waals surface area contributed by atoms with Crippen LogP contribution in [0.1, 0.15) is 22.3 Å². The van der Waals surface area contributed by atoms with E-state index < -0.39 is 59.4 Å². The number of rotatable bonds is 10. The van der Waals surface area contributed by atoms with Gasteiger partial charge in [-0.15, -0.1) is 0 Å². The molecule has 8 aromatic carbocycles. The topological polar surface area (TPSA) is 223 Å². The Kier molecular flexibility index (Phi) is 27.6. The van der Waals surface area contributed by atoms with Crippen LogP contribution < -0.4 is 40.2 Å². The summed E-state index contributed by atoms with van der Waals surface area (Å²) >= 11 is -10.1. The molecule has 22 heteroatoms. The summed E-state index contributed by atoms with van der Waals surface area (Å²) in [6.45, 7) is 4.45. The van der Waals surface area contributed by atoms with Crippen molar-refractivity contribution < 1.29 is 92.4 Å². The van der Waals surface area contributed by atoms with E-state index in [1.54, 1.807) is 0 Å². The Labute approximate surface area is 469 Å². The second-order valence-corrected chi connectivity index (χ2v) is 39.2. The predicted molar refractivity (Wildman–Crippen MR) is 286 cm³/mol. The summed E-state index contributed by atoms with van der Waals surface area (Å²) in [6.07, 6.45) is 2.08. The number of halogens is 4. The molecule has 0 aliphatic heterocycles. The molecule has 12 nitrogen and oxygen atoms in total. The first-order chi connectivity index (χ1) is 34.6. The molecule has 8 rings (SSSR count). The monoisotopic (exact) mass is 1460 g/mol. The van der Waals surface area contributed by atoms with Crippen molar-refractivity contribution in [2.75, 3.05) is 0 Å². The van der Waals surface area contributed by atoms with Gasteiger partial charge >= 0.3 is 149 Å². The molecule has 0 heterocycles. The van der Waals surface area contributed by atoms with Crippen molar-refractivity contribution in [3.63, 3.8) is 0 Å². The van der Waals surface area contributed by atoms with Gasteiger partial charge in [-0.3, -0.25) is 0 Å². The van der Waals surface area contributed by atoms with Crippen LogP contribution in [0.15, 0.2) is 231 Å². The maximum absolute atomic E-state index is 9.16. The molecule has 0 saturated heterocycles. The summed E-state index contributed by atoms with van der Waals surface area (Å²) in [6, 6.07) is 84.1. The van der Waals surface area contributed by atoms with Crippen molar-refractivity contribution >= 4 is 103 Å². The zero-order valence-electron chi connectivity index (χ0n) is 39.2. The van der Waals surface area contributed by atoms with E-state index in [1.807, 2.05) is 56.4 Å². The van der Waals surface area contributed by atoms with E-state index in [2.05, 4.69) is 244 Å². The molecule has 74 heavy (non-hydrogen) atoms. The van der Waals surface area contributed by atoms with Crippen LogP contribution in [0.2, 0.25) is 0 Å². The number of benzene rings is 8. The zero-order valence-corrected chi connectivity index (χ0v) is 52.1. The second kappa shape index (κ2) is 31.3. The van der Waals surface area contributed by atoms with Gasteiger partial charge in [0.2, 0.25) is 0 Å². The predicted octanol–water partition coefficient (Wildman–Crippen LogP) is 9.91. The van der Waals surface area contributed by atoms with Crippen molar-refractivity contribution in [2.24, 2.45) is 0 Å². The molecule has 0 aromatic heterocycles. The van der Waals surface area contributed by atoms with E-state index in [-0.39, 0.29) is 0 Å². The van der Waals surface area contributed by atoms with Gasteiger partial charge in [0.1, 0.15) is 46.4 Å². The fourth-order valence-electron chi connectivity index (χ4n) is 7.62. The molecule has 0 radical (unpaired) electrons. The van der Waals surface area contributed by atoms with Gasteiger partial charge in [-0.1, -0.05) is 158 Å². The van der Waals surface area contributed by atoms with Crippen LogP contribution in [0.4, 0.5) is 0 Å². The number of hydrogen-bond acceptors (Lipinski definition) is 10. The molecular weight excluding hydrogens is 1420 g/mol. The quantitative estimate of drug-likeness (QED) is 0.0964. The molecule has 0 saturated carbocycles. The van der Waals surface area contributed by atoms with E-state index in [9.17, 15) is 0 Å². The third-order valence-corrected chi connectivity index (χ3v) is 19.2. The molecule has 2 N–H and O–H groups in total. The molecule has 0 aliphatic carbocycles. The molecular formula is C52H50Br4Mn4O12P2. The minimum absolute atomic E-state index is 1.04. The average molecular weight is 1470 g/mol. The summed E-state index contributed by atoms with van der Waals surface area (Å²) in [7, 11) is -3.60. The summed E-state index contributed by atoms with van der Waals surface area (Å²) < 4.78 is 106. The van der Waals surface area contributed by atoms with Crippen LogP contribution in [0.3, 0.4) is 0 Å². The summed E-state index contributed by atoms with van der Waals surface area (Å²) in [5.74, 6) is 0. The first-order valence-electron chi connectivity index (χ1n) is 21.3.